The first-order valence-corrected chi connectivity index (χ1v) is 7.46. The molecule has 1 unspecified atom stereocenters. The van der Waals surface area contributed by atoms with Gasteiger partial charge in [0.2, 0.25) is 0 Å². The third-order valence-corrected chi connectivity index (χ3v) is 3.57. The third kappa shape index (κ3) is 4.31. The van der Waals surface area contributed by atoms with E-state index in [9.17, 15) is 5.26 Å². The molecule has 0 saturated heterocycles. The van der Waals surface area contributed by atoms with Crippen LogP contribution in [0.5, 0.6) is 5.75 Å². The molecule has 4 nitrogen and oxygen atoms in total. The number of hydrogen-bond donors (Lipinski definition) is 0. The van der Waals surface area contributed by atoms with Gasteiger partial charge in [0.25, 0.3) is 0 Å². The highest BCUT2D eigenvalue weighted by Gasteiger charge is 2.16. The van der Waals surface area contributed by atoms with Crippen LogP contribution in [0.3, 0.4) is 0 Å². The number of nitriles is 1. The average molecular weight is 295 g/mol. The van der Waals surface area contributed by atoms with Crippen LogP contribution < -0.4 is 4.74 Å². The van der Waals surface area contributed by atoms with Gasteiger partial charge in [0.05, 0.1) is 12.7 Å². The fourth-order valence-electron chi connectivity index (χ4n) is 2.32. The predicted octanol–water partition coefficient (Wildman–Crippen LogP) is 3.22. The summed E-state index contributed by atoms with van der Waals surface area (Å²) in [5.41, 5.74) is 2.22. The number of likely N-dealkylation sites (N-methyl/N-ethyl adjacent to an activating group) is 1. The van der Waals surface area contributed by atoms with Gasteiger partial charge in [-0.2, -0.15) is 5.26 Å². The normalized spacial score (nSPS) is 11.9. The van der Waals surface area contributed by atoms with Crippen molar-refractivity contribution in [2.45, 2.75) is 19.4 Å². The molecule has 0 aliphatic heterocycles. The summed E-state index contributed by atoms with van der Waals surface area (Å²) in [4.78, 5) is 6.08. The van der Waals surface area contributed by atoms with Crippen molar-refractivity contribution in [3.63, 3.8) is 0 Å². The van der Waals surface area contributed by atoms with Crippen LogP contribution >= 0.6 is 0 Å². The lowest BCUT2D eigenvalue weighted by atomic mass is 10.1. The number of nitrogens with zero attached hydrogens (tertiary/aromatic N) is 3. The summed E-state index contributed by atoms with van der Waals surface area (Å²) in [5, 5.41) is 9.49. The van der Waals surface area contributed by atoms with E-state index in [0.29, 0.717) is 6.61 Å². The predicted molar refractivity (Wildman–Crippen MR) is 86.5 cm³/mol. The molecule has 4 heteroatoms. The molecular formula is C18H21N3O. The zero-order valence-electron chi connectivity index (χ0n) is 13.1. The molecule has 1 heterocycles. The van der Waals surface area contributed by atoms with Crippen molar-refractivity contribution in [3.8, 4) is 11.8 Å². The smallest absolute Gasteiger partial charge is 0.123 e. The fourth-order valence-corrected chi connectivity index (χ4v) is 2.32. The standard InChI is InChI=1S/C18H21N3O/c1-3-22-17-6-4-16(5-7-17)18(14-19)21(2)13-10-15-8-11-20-12-9-15/h4-9,11-12,18H,3,10,13H2,1-2H3. The Morgan fingerprint density at radius 2 is 1.86 bits per heavy atom. The first kappa shape index (κ1) is 16.0. The number of benzene rings is 1. The Bertz CT molecular complexity index is 604. The number of aromatic nitrogens is 1. The minimum absolute atomic E-state index is 0.252. The number of hydrogen-bond acceptors (Lipinski definition) is 4. The maximum absolute atomic E-state index is 9.49. The molecule has 0 spiro atoms. The van der Waals surface area contributed by atoms with Crippen LogP contribution in [-0.4, -0.2) is 30.1 Å². The van der Waals surface area contributed by atoms with Gasteiger partial charge in [0.1, 0.15) is 11.8 Å². The molecule has 1 aromatic carbocycles. The molecule has 1 atom stereocenters. The first-order chi connectivity index (χ1) is 10.7. The summed E-state index contributed by atoms with van der Waals surface area (Å²) in [5.74, 6) is 0.836. The van der Waals surface area contributed by atoms with Crippen LogP contribution in [-0.2, 0) is 6.42 Å². The lowest BCUT2D eigenvalue weighted by Gasteiger charge is -2.23. The van der Waals surface area contributed by atoms with Gasteiger partial charge in [-0.15, -0.1) is 0 Å². The van der Waals surface area contributed by atoms with E-state index in [-0.39, 0.29) is 6.04 Å². The van der Waals surface area contributed by atoms with Crippen LogP contribution in [0.15, 0.2) is 48.8 Å². The van der Waals surface area contributed by atoms with Gasteiger partial charge >= 0.3 is 0 Å². The fraction of sp³-hybridized carbons (Fsp3) is 0.333. The van der Waals surface area contributed by atoms with Gasteiger partial charge in [-0.3, -0.25) is 9.88 Å². The summed E-state index contributed by atoms with van der Waals surface area (Å²) in [6.07, 6.45) is 4.49. The van der Waals surface area contributed by atoms with E-state index < -0.39 is 0 Å². The SMILES string of the molecule is CCOc1ccc(C(C#N)N(C)CCc2ccncc2)cc1. The Balaban J connectivity index is 1.99. The zero-order valence-corrected chi connectivity index (χ0v) is 13.1. The van der Waals surface area contributed by atoms with E-state index in [0.717, 1.165) is 24.3 Å². The van der Waals surface area contributed by atoms with Gasteiger partial charge in [0, 0.05) is 18.9 Å². The molecule has 1 aromatic heterocycles. The second kappa shape index (κ2) is 8.16. The average Bonchev–Trinajstić information content (AvgIpc) is 2.56. The van der Waals surface area contributed by atoms with Crippen molar-refractivity contribution >= 4 is 0 Å². The number of rotatable bonds is 7. The maximum Gasteiger partial charge on any atom is 0.123 e. The highest BCUT2D eigenvalue weighted by Crippen LogP contribution is 2.22. The van der Waals surface area contributed by atoms with E-state index in [1.807, 2.05) is 50.4 Å². The molecule has 0 radical (unpaired) electrons. The molecule has 0 aliphatic carbocycles. The monoisotopic (exact) mass is 295 g/mol. The van der Waals surface area contributed by atoms with Crippen molar-refractivity contribution in [1.82, 2.24) is 9.88 Å². The molecule has 0 fully saturated rings. The molecule has 0 bridgehead atoms. The Morgan fingerprint density at radius 3 is 2.45 bits per heavy atom. The summed E-state index contributed by atoms with van der Waals surface area (Å²) >= 11 is 0. The number of ether oxygens (including phenoxy) is 1. The van der Waals surface area contributed by atoms with Crippen LogP contribution in [0, 0.1) is 11.3 Å². The van der Waals surface area contributed by atoms with E-state index in [1.54, 1.807) is 12.4 Å². The lowest BCUT2D eigenvalue weighted by Crippen LogP contribution is -2.25. The lowest BCUT2D eigenvalue weighted by molar-refractivity contribution is 0.294. The molecule has 0 amide bonds. The van der Waals surface area contributed by atoms with Crippen molar-refractivity contribution in [3.05, 3.63) is 59.9 Å². The summed E-state index contributed by atoms with van der Waals surface area (Å²) in [6.45, 7) is 3.42. The first-order valence-electron chi connectivity index (χ1n) is 7.46. The molecule has 2 aromatic rings. The second-order valence-corrected chi connectivity index (χ2v) is 5.12. The largest absolute Gasteiger partial charge is 0.494 e. The Morgan fingerprint density at radius 1 is 1.18 bits per heavy atom. The molecule has 2 rings (SSSR count). The highest BCUT2D eigenvalue weighted by atomic mass is 16.5. The van der Waals surface area contributed by atoms with E-state index in [1.165, 1.54) is 5.56 Å². The van der Waals surface area contributed by atoms with Crippen LogP contribution in [0.25, 0.3) is 0 Å². The Kier molecular flexibility index (Phi) is 5.93. The number of pyridine rings is 1. The molecule has 0 N–H and O–H groups in total. The van der Waals surface area contributed by atoms with Gasteiger partial charge in [-0.1, -0.05) is 12.1 Å². The van der Waals surface area contributed by atoms with Crippen LogP contribution in [0.2, 0.25) is 0 Å². The van der Waals surface area contributed by atoms with Gasteiger partial charge in [-0.25, -0.2) is 0 Å². The molecular weight excluding hydrogens is 274 g/mol. The van der Waals surface area contributed by atoms with Gasteiger partial charge in [-0.05, 0) is 55.8 Å². The maximum atomic E-state index is 9.49. The minimum Gasteiger partial charge on any atom is -0.494 e. The van der Waals surface area contributed by atoms with Crippen molar-refractivity contribution in [1.29, 1.82) is 5.26 Å². The molecule has 0 aliphatic rings. The minimum atomic E-state index is -0.252. The summed E-state index contributed by atoms with van der Waals surface area (Å²) < 4.78 is 5.44. The zero-order chi connectivity index (χ0) is 15.8. The topological polar surface area (TPSA) is 49.1 Å². The van der Waals surface area contributed by atoms with E-state index in [4.69, 9.17) is 4.74 Å². The van der Waals surface area contributed by atoms with Crippen LogP contribution in [0.4, 0.5) is 0 Å². The van der Waals surface area contributed by atoms with Crippen molar-refractivity contribution in [2.75, 3.05) is 20.2 Å². The molecule has 0 saturated carbocycles. The van der Waals surface area contributed by atoms with Crippen molar-refractivity contribution in [2.24, 2.45) is 0 Å². The summed E-state index contributed by atoms with van der Waals surface area (Å²) in [6, 6.07) is 13.9. The third-order valence-electron chi connectivity index (χ3n) is 3.57. The van der Waals surface area contributed by atoms with E-state index in [2.05, 4.69) is 16.0 Å². The molecule has 22 heavy (non-hydrogen) atoms. The quantitative estimate of drug-likeness (QED) is 0.787. The Labute approximate surface area is 132 Å². The summed E-state index contributed by atoms with van der Waals surface area (Å²) in [7, 11) is 1.98. The highest BCUT2D eigenvalue weighted by molar-refractivity contribution is 5.31. The van der Waals surface area contributed by atoms with Crippen LogP contribution in [0.1, 0.15) is 24.1 Å². The van der Waals surface area contributed by atoms with E-state index >= 15 is 0 Å². The van der Waals surface area contributed by atoms with Gasteiger partial charge < -0.3 is 4.74 Å². The molecule has 114 valence electrons. The van der Waals surface area contributed by atoms with Gasteiger partial charge in [0.15, 0.2) is 0 Å². The van der Waals surface area contributed by atoms with Crippen molar-refractivity contribution < 1.29 is 4.74 Å². The Hall–Kier alpha value is -2.38. The second-order valence-electron chi connectivity index (χ2n) is 5.12.